The van der Waals surface area contributed by atoms with Crippen LogP contribution in [0.2, 0.25) is 0 Å². The molecule has 0 aromatic carbocycles. The second-order valence-electron chi connectivity index (χ2n) is 1.67. The number of hydrogen-bond donors (Lipinski definition) is 0. The summed E-state index contributed by atoms with van der Waals surface area (Å²) in [6.45, 7) is 0. The maximum Gasteiger partial charge on any atom is 0.238 e. The van der Waals surface area contributed by atoms with Crippen LogP contribution in [0.4, 0.5) is 4.39 Å². The molecule has 0 aromatic heterocycles. The van der Waals surface area contributed by atoms with Gasteiger partial charge in [0.05, 0.1) is 0 Å². The molecular weight excluding hydrogens is 164 g/mol. The first-order valence-corrected chi connectivity index (χ1v) is 3.17. The summed E-state index contributed by atoms with van der Waals surface area (Å²) < 4.78 is 12.7. The van der Waals surface area contributed by atoms with Crippen LogP contribution < -0.4 is 0 Å². The molecule has 1 aliphatic rings. The van der Waals surface area contributed by atoms with Crippen LogP contribution in [0.25, 0.3) is 0 Å². The molecule has 0 spiro atoms. The maximum absolute atomic E-state index is 12.7. The third-order valence-electron chi connectivity index (χ3n) is 0.939. The van der Waals surface area contributed by atoms with E-state index in [0.717, 1.165) is 0 Å². The summed E-state index contributed by atoms with van der Waals surface area (Å²) in [5.74, 6) is 0. The SMILES string of the molecule is FC1(Cl)C=CC=NC1Cl. The summed E-state index contributed by atoms with van der Waals surface area (Å²) in [5, 5.41) is -2.00. The van der Waals surface area contributed by atoms with Crippen LogP contribution in [0.5, 0.6) is 0 Å². The van der Waals surface area contributed by atoms with Crippen molar-refractivity contribution >= 4 is 29.4 Å². The van der Waals surface area contributed by atoms with Crippen LogP contribution in [-0.2, 0) is 0 Å². The number of nitrogens with zero attached hydrogens (tertiary/aromatic N) is 1. The van der Waals surface area contributed by atoms with Gasteiger partial charge >= 0.3 is 0 Å². The number of rotatable bonds is 0. The Bertz CT molecular complexity index is 164. The summed E-state index contributed by atoms with van der Waals surface area (Å²) in [4.78, 5) is 3.53. The van der Waals surface area contributed by atoms with Gasteiger partial charge in [0, 0.05) is 6.21 Å². The molecule has 0 saturated heterocycles. The zero-order valence-electron chi connectivity index (χ0n) is 4.39. The van der Waals surface area contributed by atoms with Gasteiger partial charge in [-0.3, -0.25) is 4.99 Å². The lowest BCUT2D eigenvalue weighted by Gasteiger charge is -2.17. The molecule has 50 valence electrons. The quantitative estimate of drug-likeness (QED) is 0.388. The van der Waals surface area contributed by atoms with Gasteiger partial charge in [0.1, 0.15) is 0 Å². The fraction of sp³-hybridized carbons (Fsp3) is 0.400. The number of allylic oxidation sites excluding steroid dienone is 1. The number of alkyl halides is 3. The molecule has 0 N–H and O–H groups in total. The molecular formula is C5H4Cl2FN. The van der Waals surface area contributed by atoms with Gasteiger partial charge in [0.25, 0.3) is 0 Å². The molecule has 0 aliphatic carbocycles. The molecule has 1 nitrogen and oxygen atoms in total. The van der Waals surface area contributed by atoms with Crippen molar-refractivity contribution in [2.75, 3.05) is 0 Å². The van der Waals surface area contributed by atoms with E-state index in [1.807, 2.05) is 0 Å². The van der Waals surface area contributed by atoms with E-state index in [1.165, 1.54) is 18.4 Å². The molecule has 0 radical (unpaired) electrons. The molecule has 0 bridgehead atoms. The van der Waals surface area contributed by atoms with Gasteiger partial charge in [0.2, 0.25) is 5.13 Å². The summed E-state index contributed by atoms with van der Waals surface area (Å²) in [6.07, 6.45) is 4.00. The molecule has 1 aliphatic heterocycles. The summed E-state index contributed by atoms with van der Waals surface area (Å²) >= 11 is 10.6. The topological polar surface area (TPSA) is 12.4 Å². The second kappa shape index (κ2) is 2.27. The van der Waals surface area contributed by atoms with Crippen LogP contribution in [-0.4, -0.2) is 16.8 Å². The highest BCUT2D eigenvalue weighted by atomic mass is 35.5. The molecule has 4 heteroatoms. The lowest BCUT2D eigenvalue weighted by molar-refractivity contribution is 0.335. The van der Waals surface area contributed by atoms with Gasteiger partial charge < -0.3 is 0 Å². The van der Waals surface area contributed by atoms with E-state index >= 15 is 0 Å². The Balaban J connectivity index is 2.78. The fourth-order valence-electron chi connectivity index (χ4n) is 0.475. The van der Waals surface area contributed by atoms with Crippen molar-refractivity contribution in [1.82, 2.24) is 0 Å². The Kier molecular flexibility index (Phi) is 1.78. The van der Waals surface area contributed by atoms with E-state index < -0.39 is 10.6 Å². The van der Waals surface area contributed by atoms with Crippen LogP contribution in [0.15, 0.2) is 17.1 Å². The Morgan fingerprint density at radius 2 is 2.33 bits per heavy atom. The fourth-order valence-corrected chi connectivity index (χ4v) is 0.742. The van der Waals surface area contributed by atoms with Crippen LogP contribution >= 0.6 is 23.2 Å². The highest BCUT2D eigenvalue weighted by molar-refractivity contribution is 6.33. The number of hydrogen-bond acceptors (Lipinski definition) is 1. The molecule has 2 unspecified atom stereocenters. The zero-order valence-corrected chi connectivity index (χ0v) is 5.90. The molecule has 2 atom stereocenters. The van der Waals surface area contributed by atoms with Crippen LogP contribution in [0, 0.1) is 0 Å². The molecule has 1 heterocycles. The lowest BCUT2D eigenvalue weighted by Crippen LogP contribution is -2.25. The Morgan fingerprint density at radius 1 is 1.67 bits per heavy atom. The minimum atomic E-state index is -2.00. The average molecular weight is 168 g/mol. The maximum atomic E-state index is 12.7. The average Bonchev–Trinajstić information content (AvgIpc) is 1.77. The predicted octanol–water partition coefficient (Wildman–Crippen LogP) is 2.10. The summed E-state index contributed by atoms with van der Waals surface area (Å²) in [6, 6.07) is 0. The highest BCUT2D eigenvalue weighted by Crippen LogP contribution is 2.30. The largest absolute Gasteiger partial charge is 0.269 e. The highest BCUT2D eigenvalue weighted by Gasteiger charge is 2.33. The van der Waals surface area contributed by atoms with E-state index in [0.29, 0.717) is 0 Å². The van der Waals surface area contributed by atoms with Crippen molar-refractivity contribution in [1.29, 1.82) is 0 Å². The first kappa shape index (κ1) is 7.03. The minimum Gasteiger partial charge on any atom is -0.269 e. The normalized spacial score (nSPS) is 41.4. The van der Waals surface area contributed by atoms with E-state index in [9.17, 15) is 4.39 Å². The minimum absolute atomic E-state index is 0.996. The van der Waals surface area contributed by atoms with E-state index in [1.54, 1.807) is 0 Å². The van der Waals surface area contributed by atoms with Gasteiger partial charge in [-0.15, -0.1) is 0 Å². The van der Waals surface area contributed by atoms with Gasteiger partial charge in [0.15, 0.2) is 5.50 Å². The van der Waals surface area contributed by atoms with Crippen molar-refractivity contribution in [3.05, 3.63) is 12.2 Å². The van der Waals surface area contributed by atoms with Crippen LogP contribution in [0.3, 0.4) is 0 Å². The smallest absolute Gasteiger partial charge is 0.238 e. The lowest BCUT2D eigenvalue weighted by atomic mass is 10.3. The Labute approximate surface area is 62.2 Å². The number of halogens is 3. The van der Waals surface area contributed by atoms with Crippen molar-refractivity contribution in [2.45, 2.75) is 10.6 Å². The van der Waals surface area contributed by atoms with Gasteiger partial charge in [-0.1, -0.05) is 23.2 Å². The Hall–Kier alpha value is -0.0800. The van der Waals surface area contributed by atoms with Crippen molar-refractivity contribution in [3.63, 3.8) is 0 Å². The summed E-state index contributed by atoms with van der Waals surface area (Å²) in [7, 11) is 0. The van der Waals surface area contributed by atoms with Crippen molar-refractivity contribution in [3.8, 4) is 0 Å². The standard InChI is InChI=1S/C5H4Cl2FN/c6-4-5(7,8)2-1-3-9-4/h1-4H. The van der Waals surface area contributed by atoms with E-state index in [2.05, 4.69) is 4.99 Å². The molecule has 0 aromatic rings. The van der Waals surface area contributed by atoms with E-state index in [4.69, 9.17) is 23.2 Å². The first-order chi connectivity index (χ1) is 4.13. The third kappa shape index (κ3) is 1.43. The Morgan fingerprint density at radius 3 is 2.67 bits per heavy atom. The van der Waals surface area contributed by atoms with Crippen molar-refractivity contribution < 1.29 is 4.39 Å². The molecule has 9 heavy (non-hydrogen) atoms. The number of dihydropyridines is 1. The van der Waals surface area contributed by atoms with E-state index in [-0.39, 0.29) is 0 Å². The second-order valence-corrected chi connectivity index (χ2v) is 2.66. The van der Waals surface area contributed by atoms with Crippen molar-refractivity contribution in [2.24, 2.45) is 4.99 Å². The third-order valence-corrected chi connectivity index (χ3v) is 1.81. The molecule has 0 saturated carbocycles. The first-order valence-electron chi connectivity index (χ1n) is 2.36. The van der Waals surface area contributed by atoms with Gasteiger partial charge in [-0.05, 0) is 12.2 Å². The predicted molar refractivity (Wildman–Crippen MR) is 37.0 cm³/mol. The van der Waals surface area contributed by atoms with Crippen LogP contribution in [0.1, 0.15) is 0 Å². The molecule has 0 amide bonds. The molecule has 0 fully saturated rings. The number of aliphatic imine (C=N–C) groups is 1. The zero-order chi connectivity index (χ0) is 6.91. The molecule has 1 rings (SSSR count). The van der Waals surface area contributed by atoms with Gasteiger partial charge in [-0.2, -0.15) is 0 Å². The summed E-state index contributed by atoms with van der Waals surface area (Å²) in [5.41, 5.74) is -0.996. The monoisotopic (exact) mass is 167 g/mol. The van der Waals surface area contributed by atoms with Gasteiger partial charge in [-0.25, -0.2) is 4.39 Å².